The molecule has 0 radical (unpaired) electrons. The van der Waals surface area contributed by atoms with E-state index in [-0.39, 0.29) is 5.54 Å². The first-order valence-corrected chi connectivity index (χ1v) is 8.52. The molecule has 2 saturated heterocycles. The lowest BCUT2D eigenvalue weighted by molar-refractivity contribution is 0.0126. The van der Waals surface area contributed by atoms with Crippen LogP contribution in [-0.2, 0) is 0 Å². The van der Waals surface area contributed by atoms with Crippen LogP contribution in [0.1, 0.15) is 39.0 Å². The third-order valence-corrected chi connectivity index (χ3v) is 5.61. The number of hydrogen-bond acceptors (Lipinski definition) is 3. The topological polar surface area (TPSA) is 32.5 Å². The number of nitrogens with zero attached hydrogens (tertiary/aromatic N) is 2. The monoisotopic (exact) mass is 287 g/mol. The van der Waals surface area contributed by atoms with Crippen LogP contribution in [0, 0.1) is 0 Å². The van der Waals surface area contributed by atoms with E-state index in [2.05, 4.69) is 47.1 Å². The Kier molecular flexibility index (Phi) is 4.51. The fourth-order valence-electron chi connectivity index (χ4n) is 4.23. The minimum atomic E-state index is 0.241. The van der Waals surface area contributed by atoms with Crippen molar-refractivity contribution in [2.24, 2.45) is 5.73 Å². The molecule has 2 aliphatic heterocycles. The second-order valence-electron chi connectivity index (χ2n) is 6.79. The Morgan fingerprint density at radius 2 is 1.81 bits per heavy atom. The van der Waals surface area contributed by atoms with Gasteiger partial charge in [0.15, 0.2) is 0 Å². The molecule has 3 rings (SSSR count). The summed E-state index contributed by atoms with van der Waals surface area (Å²) in [5.74, 6) is 0. The Balaban J connectivity index is 1.69. The summed E-state index contributed by atoms with van der Waals surface area (Å²) < 4.78 is 0. The molecular formula is C18H29N3. The summed E-state index contributed by atoms with van der Waals surface area (Å²) in [6, 6.07) is 11.5. The first-order chi connectivity index (χ1) is 10.2. The van der Waals surface area contributed by atoms with Crippen LogP contribution in [0.25, 0.3) is 0 Å². The van der Waals surface area contributed by atoms with Gasteiger partial charge in [-0.2, -0.15) is 0 Å². The molecule has 116 valence electrons. The summed E-state index contributed by atoms with van der Waals surface area (Å²) in [4.78, 5) is 5.25. The van der Waals surface area contributed by atoms with Gasteiger partial charge in [0.25, 0.3) is 0 Å². The number of nitrogens with two attached hydrogens (primary N) is 1. The average Bonchev–Trinajstić information content (AvgIpc) is 2.56. The van der Waals surface area contributed by atoms with Gasteiger partial charge < -0.3 is 10.6 Å². The van der Waals surface area contributed by atoms with Crippen molar-refractivity contribution in [2.75, 3.05) is 31.1 Å². The van der Waals surface area contributed by atoms with Crippen LogP contribution >= 0.6 is 0 Å². The number of piperidine rings is 2. The zero-order valence-electron chi connectivity index (χ0n) is 13.3. The standard InChI is InChI=1S/C18H29N3/c1-16-7-5-6-12-21(16)18(15-19)10-13-20(14-11-18)17-8-3-2-4-9-17/h2-4,8-9,16H,5-7,10-15,19H2,1H3. The molecule has 3 heteroatoms. The smallest absolute Gasteiger partial charge is 0.0368 e. The van der Waals surface area contributed by atoms with Crippen molar-refractivity contribution >= 4 is 5.69 Å². The van der Waals surface area contributed by atoms with Gasteiger partial charge in [-0.1, -0.05) is 24.6 Å². The molecule has 1 atom stereocenters. The van der Waals surface area contributed by atoms with Crippen LogP contribution < -0.4 is 10.6 Å². The zero-order chi connectivity index (χ0) is 14.7. The van der Waals surface area contributed by atoms with Crippen molar-refractivity contribution in [3.63, 3.8) is 0 Å². The van der Waals surface area contributed by atoms with Crippen LogP contribution in [0.4, 0.5) is 5.69 Å². The molecule has 2 aliphatic rings. The van der Waals surface area contributed by atoms with Crippen molar-refractivity contribution in [3.05, 3.63) is 30.3 Å². The van der Waals surface area contributed by atoms with E-state index < -0.39 is 0 Å². The third kappa shape index (κ3) is 2.95. The molecule has 0 spiro atoms. The maximum Gasteiger partial charge on any atom is 0.0368 e. The lowest BCUT2D eigenvalue weighted by Gasteiger charge is -2.52. The zero-order valence-corrected chi connectivity index (χ0v) is 13.3. The Morgan fingerprint density at radius 3 is 2.43 bits per heavy atom. The Hall–Kier alpha value is -1.06. The lowest BCUT2D eigenvalue weighted by atomic mass is 9.82. The van der Waals surface area contributed by atoms with E-state index in [4.69, 9.17) is 5.73 Å². The quantitative estimate of drug-likeness (QED) is 0.928. The van der Waals surface area contributed by atoms with Gasteiger partial charge in [-0.05, 0) is 51.3 Å². The van der Waals surface area contributed by atoms with Crippen molar-refractivity contribution < 1.29 is 0 Å². The van der Waals surface area contributed by atoms with E-state index in [0.717, 1.165) is 19.6 Å². The molecule has 2 N–H and O–H groups in total. The highest BCUT2D eigenvalue weighted by atomic mass is 15.3. The van der Waals surface area contributed by atoms with E-state index in [1.54, 1.807) is 0 Å². The van der Waals surface area contributed by atoms with Gasteiger partial charge >= 0.3 is 0 Å². The molecule has 2 heterocycles. The van der Waals surface area contributed by atoms with Crippen molar-refractivity contribution in [1.82, 2.24) is 4.90 Å². The van der Waals surface area contributed by atoms with Gasteiger partial charge in [0.1, 0.15) is 0 Å². The number of hydrogen-bond donors (Lipinski definition) is 1. The highest BCUT2D eigenvalue weighted by Gasteiger charge is 2.41. The number of anilines is 1. The summed E-state index contributed by atoms with van der Waals surface area (Å²) in [5, 5.41) is 0. The highest BCUT2D eigenvalue weighted by Crippen LogP contribution is 2.34. The summed E-state index contributed by atoms with van der Waals surface area (Å²) in [5.41, 5.74) is 7.85. The molecule has 1 aromatic rings. The highest BCUT2D eigenvalue weighted by molar-refractivity contribution is 5.46. The van der Waals surface area contributed by atoms with Crippen LogP contribution in [0.3, 0.4) is 0 Å². The van der Waals surface area contributed by atoms with Crippen LogP contribution in [0.2, 0.25) is 0 Å². The molecule has 0 aromatic heterocycles. The second kappa shape index (κ2) is 6.37. The van der Waals surface area contributed by atoms with Crippen molar-refractivity contribution in [2.45, 2.75) is 50.6 Å². The van der Waals surface area contributed by atoms with Crippen LogP contribution in [-0.4, -0.2) is 42.7 Å². The number of benzene rings is 1. The number of rotatable bonds is 3. The molecule has 1 unspecified atom stereocenters. The summed E-state index contributed by atoms with van der Waals surface area (Å²) >= 11 is 0. The molecule has 21 heavy (non-hydrogen) atoms. The first-order valence-electron chi connectivity index (χ1n) is 8.52. The van der Waals surface area contributed by atoms with Gasteiger partial charge in [0, 0.05) is 36.9 Å². The molecule has 1 aromatic carbocycles. The molecule has 2 fully saturated rings. The predicted octanol–water partition coefficient (Wildman–Crippen LogP) is 2.86. The molecular weight excluding hydrogens is 258 g/mol. The fraction of sp³-hybridized carbons (Fsp3) is 0.667. The minimum absolute atomic E-state index is 0.241. The van der Waals surface area contributed by atoms with Gasteiger partial charge in [0.05, 0.1) is 0 Å². The molecule has 0 amide bonds. The van der Waals surface area contributed by atoms with Crippen molar-refractivity contribution in [3.8, 4) is 0 Å². The van der Waals surface area contributed by atoms with Crippen molar-refractivity contribution in [1.29, 1.82) is 0 Å². The van der Waals surface area contributed by atoms with E-state index in [9.17, 15) is 0 Å². The maximum atomic E-state index is 6.26. The van der Waals surface area contributed by atoms with Crippen LogP contribution in [0.5, 0.6) is 0 Å². The minimum Gasteiger partial charge on any atom is -0.371 e. The first kappa shape index (κ1) is 14.9. The number of likely N-dealkylation sites (tertiary alicyclic amines) is 1. The molecule has 0 bridgehead atoms. The van der Waals surface area contributed by atoms with Crippen LogP contribution in [0.15, 0.2) is 30.3 Å². The largest absolute Gasteiger partial charge is 0.371 e. The maximum absolute atomic E-state index is 6.26. The van der Waals surface area contributed by atoms with E-state index >= 15 is 0 Å². The number of para-hydroxylation sites is 1. The van der Waals surface area contributed by atoms with Gasteiger partial charge in [-0.25, -0.2) is 0 Å². The second-order valence-corrected chi connectivity index (χ2v) is 6.79. The SMILES string of the molecule is CC1CCCCN1C1(CN)CCN(c2ccccc2)CC1. The van der Waals surface area contributed by atoms with Gasteiger partial charge in [0.2, 0.25) is 0 Å². The normalized spacial score (nSPS) is 26.8. The van der Waals surface area contributed by atoms with E-state index in [0.29, 0.717) is 6.04 Å². The lowest BCUT2D eigenvalue weighted by Crippen LogP contribution is -2.62. The third-order valence-electron chi connectivity index (χ3n) is 5.61. The predicted molar refractivity (Wildman–Crippen MR) is 89.7 cm³/mol. The summed E-state index contributed by atoms with van der Waals surface area (Å²) in [6.07, 6.45) is 6.46. The summed E-state index contributed by atoms with van der Waals surface area (Å²) in [6.45, 7) is 6.69. The van der Waals surface area contributed by atoms with E-state index in [1.165, 1.54) is 44.3 Å². The summed E-state index contributed by atoms with van der Waals surface area (Å²) in [7, 11) is 0. The van der Waals surface area contributed by atoms with Gasteiger partial charge in [-0.15, -0.1) is 0 Å². The average molecular weight is 287 g/mol. The fourth-order valence-corrected chi connectivity index (χ4v) is 4.23. The van der Waals surface area contributed by atoms with E-state index in [1.807, 2.05) is 0 Å². The molecule has 3 nitrogen and oxygen atoms in total. The Morgan fingerprint density at radius 1 is 1.10 bits per heavy atom. The van der Waals surface area contributed by atoms with Gasteiger partial charge in [-0.3, -0.25) is 4.90 Å². The molecule has 0 saturated carbocycles. The Bertz CT molecular complexity index is 437. The molecule has 0 aliphatic carbocycles. The Labute approximate surface area is 129 Å².